The van der Waals surface area contributed by atoms with Crippen LogP contribution in [-0.4, -0.2) is 49.0 Å². The van der Waals surface area contributed by atoms with Gasteiger partial charge in [-0.1, -0.05) is 25.1 Å². The fourth-order valence-corrected chi connectivity index (χ4v) is 5.27. The first-order valence-corrected chi connectivity index (χ1v) is 13.0. The highest BCUT2D eigenvalue weighted by atomic mass is 32.2. The standard InChI is InChI=1S/C27H32FN5O3S/c1-16(13-27(3,4)34)37(35)20-9-7-19(8-10-20)23-15-32-17(2)24(33-23)26(30)36-25(29)21-11-6-18(14-31-5)12-22(21)28/h6-12,15-16,29-31,34H,13-14H2,1-5H3. The van der Waals surface area contributed by atoms with Crippen molar-refractivity contribution in [2.24, 2.45) is 0 Å². The van der Waals surface area contributed by atoms with E-state index in [1.165, 1.54) is 12.1 Å². The predicted molar refractivity (Wildman–Crippen MR) is 143 cm³/mol. The predicted octanol–water partition coefficient (Wildman–Crippen LogP) is 4.34. The molecule has 2 atom stereocenters. The highest BCUT2D eigenvalue weighted by molar-refractivity contribution is 7.85. The smallest absolute Gasteiger partial charge is 0.241 e. The summed E-state index contributed by atoms with van der Waals surface area (Å²) in [4.78, 5) is 9.43. The molecule has 37 heavy (non-hydrogen) atoms. The lowest BCUT2D eigenvalue weighted by molar-refractivity contribution is 0.0715. The van der Waals surface area contributed by atoms with Crippen LogP contribution in [0.5, 0.6) is 0 Å². The molecule has 1 heterocycles. The fourth-order valence-electron chi connectivity index (χ4n) is 3.84. The maximum atomic E-state index is 14.5. The molecule has 0 saturated heterocycles. The van der Waals surface area contributed by atoms with E-state index in [1.54, 1.807) is 64.3 Å². The Morgan fingerprint density at radius 1 is 1.19 bits per heavy atom. The van der Waals surface area contributed by atoms with Crippen LogP contribution in [0.25, 0.3) is 11.3 Å². The molecule has 2 aromatic carbocycles. The molecule has 8 nitrogen and oxygen atoms in total. The van der Waals surface area contributed by atoms with E-state index in [4.69, 9.17) is 15.6 Å². The van der Waals surface area contributed by atoms with Crippen molar-refractivity contribution < 1.29 is 18.4 Å². The SMILES string of the molecule is CNCc1ccc(C(=N)OC(=N)c2nc(-c3ccc(S(=O)C(C)CC(C)(C)O)cc3)cnc2C)c(F)c1. The van der Waals surface area contributed by atoms with Crippen molar-refractivity contribution >= 4 is 22.6 Å². The number of hydrogen-bond donors (Lipinski definition) is 4. The van der Waals surface area contributed by atoms with Crippen LogP contribution in [0, 0.1) is 23.6 Å². The Hall–Kier alpha value is -3.34. The molecule has 0 aliphatic rings. The van der Waals surface area contributed by atoms with Crippen LogP contribution in [-0.2, 0) is 22.1 Å². The van der Waals surface area contributed by atoms with Gasteiger partial charge in [-0.2, -0.15) is 0 Å². The molecular weight excluding hydrogens is 493 g/mol. The summed E-state index contributed by atoms with van der Waals surface area (Å²) >= 11 is 0. The number of benzene rings is 2. The van der Waals surface area contributed by atoms with E-state index in [0.29, 0.717) is 34.8 Å². The van der Waals surface area contributed by atoms with Crippen LogP contribution in [0.4, 0.5) is 4.39 Å². The Balaban J connectivity index is 1.77. The van der Waals surface area contributed by atoms with Crippen LogP contribution in [0.3, 0.4) is 0 Å². The van der Waals surface area contributed by atoms with Crippen LogP contribution < -0.4 is 5.32 Å². The van der Waals surface area contributed by atoms with E-state index in [9.17, 15) is 13.7 Å². The number of rotatable bonds is 9. The van der Waals surface area contributed by atoms with Gasteiger partial charge in [-0.3, -0.25) is 20.0 Å². The maximum absolute atomic E-state index is 14.5. The summed E-state index contributed by atoms with van der Waals surface area (Å²) in [6, 6.07) is 11.5. The molecule has 0 aliphatic heterocycles. The van der Waals surface area contributed by atoms with Crippen molar-refractivity contribution in [3.63, 3.8) is 0 Å². The molecule has 0 bridgehead atoms. The molecular formula is C27H32FN5O3S. The Morgan fingerprint density at radius 2 is 1.86 bits per heavy atom. The number of nitrogens with zero attached hydrogens (tertiary/aromatic N) is 2. The van der Waals surface area contributed by atoms with Gasteiger partial charge >= 0.3 is 0 Å². The zero-order chi connectivity index (χ0) is 27.3. The van der Waals surface area contributed by atoms with E-state index in [-0.39, 0.29) is 16.5 Å². The normalized spacial score (nSPS) is 13.2. The third kappa shape index (κ3) is 7.34. The number of ether oxygens (including phenoxy) is 1. The molecule has 1 aromatic heterocycles. The molecule has 0 amide bonds. The maximum Gasteiger partial charge on any atom is 0.241 e. The number of aliphatic hydroxyl groups is 1. The van der Waals surface area contributed by atoms with Gasteiger partial charge in [-0.05, 0) is 64.1 Å². The van der Waals surface area contributed by atoms with Gasteiger partial charge in [0.25, 0.3) is 0 Å². The zero-order valence-corrected chi connectivity index (χ0v) is 22.4. The summed E-state index contributed by atoms with van der Waals surface area (Å²) < 4.78 is 32.7. The average Bonchev–Trinajstić information content (AvgIpc) is 2.83. The van der Waals surface area contributed by atoms with Gasteiger partial charge in [0.1, 0.15) is 11.5 Å². The van der Waals surface area contributed by atoms with E-state index in [0.717, 1.165) is 5.56 Å². The van der Waals surface area contributed by atoms with Crippen LogP contribution in [0.1, 0.15) is 49.7 Å². The summed E-state index contributed by atoms with van der Waals surface area (Å²) in [6.45, 7) is 7.37. The van der Waals surface area contributed by atoms with Crippen molar-refractivity contribution in [1.82, 2.24) is 15.3 Å². The topological polar surface area (TPSA) is 132 Å². The third-order valence-electron chi connectivity index (χ3n) is 5.57. The van der Waals surface area contributed by atoms with Crippen LogP contribution >= 0.6 is 0 Å². The van der Waals surface area contributed by atoms with Crippen molar-refractivity contribution in [2.75, 3.05) is 7.05 Å². The minimum Gasteiger partial charge on any atom is -0.419 e. The second kappa shape index (κ2) is 11.8. The molecule has 0 spiro atoms. The number of nitrogens with one attached hydrogen (secondary N) is 3. The van der Waals surface area contributed by atoms with Gasteiger partial charge in [0.15, 0.2) is 0 Å². The lowest BCUT2D eigenvalue weighted by Crippen LogP contribution is -2.27. The lowest BCUT2D eigenvalue weighted by atomic mass is 10.0. The van der Waals surface area contributed by atoms with Crippen LogP contribution in [0.15, 0.2) is 53.6 Å². The molecule has 2 unspecified atom stereocenters. The van der Waals surface area contributed by atoms with Crippen molar-refractivity contribution in [3.05, 3.63) is 77.0 Å². The number of hydrogen-bond acceptors (Lipinski definition) is 8. The Labute approximate surface area is 218 Å². The van der Waals surface area contributed by atoms with E-state index < -0.39 is 34.0 Å². The Morgan fingerprint density at radius 3 is 2.46 bits per heavy atom. The molecule has 3 rings (SSSR count). The third-order valence-corrected chi connectivity index (χ3v) is 7.20. The summed E-state index contributed by atoms with van der Waals surface area (Å²) in [5.41, 5.74) is 1.46. The molecule has 196 valence electrons. The first-order chi connectivity index (χ1) is 17.4. The van der Waals surface area contributed by atoms with Gasteiger partial charge in [0.2, 0.25) is 11.8 Å². The van der Waals surface area contributed by atoms with E-state index in [2.05, 4.69) is 15.3 Å². The molecule has 0 aliphatic carbocycles. The second-order valence-electron chi connectivity index (χ2n) is 9.44. The summed E-state index contributed by atoms with van der Waals surface area (Å²) in [5.74, 6) is -1.54. The largest absolute Gasteiger partial charge is 0.419 e. The zero-order valence-electron chi connectivity index (χ0n) is 21.6. The monoisotopic (exact) mass is 525 g/mol. The first-order valence-electron chi connectivity index (χ1n) is 11.8. The van der Waals surface area contributed by atoms with E-state index in [1.807, 2.05) is 6.92 Å². The van der Waals surface area contributed by atoms with Gasteiger partial charge < -0.3 is 15.2 Å². The summed E-state index contributed by atoms with van der Waals surface area (Å²) in [6.07, 6.45) is 1.95. The average molecular weight is 526 g/mol. The van der Waals surface area contributed by atoms with Crippen molar-refractivity contribution in [1.29, 1.82) is 10.8 Å². The minimum atomic E-state index is -1.29. The fraction of sp³-hybridized carbons (Fsp3) is 0.333. The minimum absolute atomic E-state index is 0.0613. The lowest BCUT2D eigenvalue weighted by Gasteiger charge is -2.21. The highest BCUT2D eigenvalue weighted by Crippen LogP contribution is 2.24. The van der Waals surface area contributed by atoms with Gasteiger partial charge in [0, 0.05) is 22.3 Å². The number of aryl methyl sites for hydroxylation is 1. The molecule has 0 fully saturated rings. The molecule has 4 N–H and O–H groups in total. The van der Waals surface area contributed by atoms with E-state index >= 15 is 0 Å². The molecule has 10 heteroatoms. The Bertz CT molecular complexity index is 1320. The molecule has 3 aromatic rings. The van der Waals surface area contributed by atoms with Gasteiger partial charge in [-0.25, -0.2) is 9.37 Å². The van der Waals surface area contributed by atoms with Crippen molar-refractivity contribution in [3.8, 4) is 11.3 Å². The second-order valence-corrected chi connectivity index (χ2v) is 11.3. The molecule has 0 radical (unpaired) electrons. The quantitative estimate of drug-likeness (QED) is 0.243. The highest BCUT2D eigenvalue weighted by Gasteiger charge is 2.23. The van der Waals surface area contributed by atoms with Gasteiger partial charge in [-0.15, -0.1) is 0 Å². The first kappa shape index (κ1) is 28.2. The number of aromatic nitrogens is 2. The van der Waals surface area contributed by atoms with Gasteiger partial charge in [0.05, 0.1) is 39.5 Å². The Kier molecular flexibility index (Phi) is 9.01. The number of halogens is 1. The summed E-state index contributed by atoms with van der Waals surface area (Å²) in [5, 5.41) is 29.2. The summed E-state index contributed by atoms with van der Waals surface area (Å²) in [7, 11) is 0.463. The van der Waals surface area contributed by atoms with Crippen LogP contribution in [0.2, 0.25) is 0 Å². The molecule has 0 saturated carbocycles. The van der Waals surface area contributed by atoms with Crippen molar-refractivity contribution in [2.45, 2.75) is 56.4 Å².